The molecule has 5 nitrogen and oxygen atoms in total. The highest BCUT2D eigenvalue weighted by Crippen LogP contribution is 2.34. The van der Waals surface area contributed by atoms with Gasteiger partial charge in [-0.2, -0.15) is 0 Å². The van der Waals surface area contributed by atoms with Crippen LogP contribution in [0.4, 0.5) is 5.69 Å². The Labute approximate surface area is 135 Å². The number of Topliss-reactive ketones (excluding diaryl/α,β-unsaturated/α-hetero) is 1. The van der Waals surface area contributed by atoms with Gasteiger partial charge in [-0.3, -0.25) is 14.9 Å². The molecule has 1 heterocycles. The molecule has 0 N–H and O–H groups in total. The van der Waals surface area contributed by atoms with E-state index in [0.29, 0.717) is 4.88 Å². The second kappa shape index (κ2) is 6.47. The average molecular weight is 421 g/mol. The van der Waals surface area contributed by atoms with Crippen molar-refractivity contribution >= 4 is 54.7 Å². The summed E-state index contributed by atoms with van der Waals surface area (Å²) < 4.78 is 6.43. The molecule has 0 saturated carbocycles. The number of nitro groups is 1. The summed E-state index contributed by atoms with van der Waals surface area (Å²) in [6.45, 7) is -0.174. The van der Waals surface area contributed by atoms with E-state index >= 15 is 0 Å². The first-order chi connectivity index (χ1) is 9.49. The predicted molar refractivity (Wildman–Crippen MR) is 82.6 cm³/mol. The Morgan fingerprint density at radius 2 is 2.05 bits per heavy atom. The first kappa shape index (κ1) is 15.1. The molecule has 0 atom stereocenters. The number of rotatable bonds is 5. The maximum absolute atomic E-state index is 11.9. The van der Waals surface area contributed by atoms with E-state index in [9.17, 15) is 14.9 Å². The van der Waals surface area contributed by atoms with Crippen LogP contribution in [0.5, 0.6) is 5.75 Å². The van der Waals surface area contributed by atoms with Gasteiger partial charge in [0.05, 0.1) is 13.6 Å². The summed E-state index contributed by atoms with van der Waals surface area (Å²) in [6, 6.07) is 7.90. The summed E-state index contributed by atoms with van der Waals surface area (Å²) in [5.41, 5.74) is -0.103. The number of halogens is 2. The highest BCUT2D eigenvalue weighted by atomic mass is 79.9. The summed E-state index contributed by atoms with van der Waals surface area (Å²) in [5.74, 6) is 0.0854. The minimum Gasteiger partial charge on any atom is -0.484 e. The Bertz CT molecular complexity index is 671. The third-order valence-corrected chi connectivity index (χ3v) is 4.81. The van der Waals surface area contributed by atoms with E-state index in [1.54, 1.807) is 18.2 Å². The SMILES string of the molecule is O=C(COc1cccc([N+](=O)[O-])c1Br)c1ccc(Br)s1. The van der Waals surface area contributed by atoms with Gasteiger partial charge >= 0.3 is 0 Å². The molecule has 0 bridgehead atoms. The number of nitrogens with zero attached hydrogens (tertiary/aromatic N) is 1. The molecule has 0 radical (unpaired) electrons. The summed E-state index contributed by atoms with van der Waals surface area (Å²) in [5, 5.41) is 10.8. The molecule has 1 aromatic heterocycles. The Morgan fingerprint density at radius 1 is 1.30 bits per heavy atom. The molecule has 0 saturated heterocycles. The van der Waals surface area contributed by atoms with Crippen molar-refractivity contribution in [1.82, 2.24) is 0 Å². The fourth-order valence-electron chi connectivity index (χ4n) is 1.43. The van der Waals surface area contributed by atoms with Gasteiger partial charge in [-0.15, -0.1) is 11.3 Å². The number of ether oxygens (including phenoxy) is 1. The van der Waals surface area contributed by atoms with E-state index in [1.807, 2.05) is 0 Å². The zero-order chi connectivity index (χ0) is 14.7. The average Bonchev–Trinajstić information content (AvgIpc) is 2.83. The maximum Gasteiger partial charge on any atom is 0.287 e. The van der Waals surface area contributed by atoms with Gasteiger partial charge in [0.15, 0.2) is 6.61 Å². The van der Waals surface area contributed by atoms with Crippen LogP contribution in [0.25, 0.3) is 0 Å². The standard InChI is InChI=1S/C12H7Br2NO4S/c13-11-5-4-10(20-11)8(16)6-19-9-3-1-2-7(12(9)14)15(17)18/h1-5H,6H2. The molecule has 2 rings (SSSR count). The third kappa shape index (κ3) is 3.44. The molecular weight excluding hydrogens is 414 g/mol. The van der Waals surface area contributed by atoms with Crippen LogP contribution in [0.1, 0.15) is 9.67 Å². The number of carbonyl (C=O) groups is 1. The van der Waals surface area contributed by atoms with Crippen molar-refractivity contribution < 1.29 is 14.5 Å². The van der Waals surface area contributed by atoms with Crippen LogP contribution in [-0.2, 0) is 0 Å². The van der Waals surface area contributed by atoms with Gasteiger partial charge in [0.1, 0.15) is 10.2 Å². The highest BCUT2D eigenvalue weighted by Gasteiger charge is 2.17. The van der Waals surface area contributed by atoms with Crippen molar-refractivity contribution in [3.8, 4) is 5.75 Å². The number of benzene rings is 1. The number of nitro benzene ring substituents is 1. The number of carbonyl (C=O) groups excluding carboxylic acids is 1. The van der Waals surface area contributed by atoms with E-state index in [0.717, 1.165) is 3.79 Å². The van der Waals surface area contributed by atoms with Gasteiger partial charge in [0.2, 0.25) is 5.78 Å². The van der Waals surface area contributed by atoms with E-state index in [4.69, 9.17) is 4.74 Å². The van der Waals surface area contributed by atoms with Crippen molar-refractivity contribution in [3.63, 3.8) is 0 Å². The second-order valence-corrected chi connectivity index (χ2v) is 6.92. The quantitative estimate of drug-likeness (QED) is 0.407. The maximum atomic E-state index is 11.9. The molecule has 20 heavy (non-hydrogen) atoms. The minimum absolute atomic E-state index is 0.103. The molecule has 0 aliphatic carbocycles. The lowest BCUT2D eigenvalue weighted by atomic mass is 10.3. The van der Waals surface area contributed by atoms with Gasteiger partial charge in [0.25, 0.3) is 5.69 Å². The third-order valence-electron chi connectivity index (χ3n) is 2.35. The molecule has 2 aromatic rings. The molecule has 0 spiro atoms. The lowest BCUT2D eigenvalue weighted by Crippen LogP contribution is -2.10. The first-order valence-corrected chi connectivity index (χ1v) is 7.73. The van der Waals surface area contributed by atoms with Gasteiger partial charge in [-0.25, -0.2) is 0 Å². The molecule has 0 amide bonds. The Balaban J connectivity index is 2.10. The smallest absolute Gasteiger partial charge is 0.287 e. The molecule has 0 aliphatic heterocycles. The van der Waals surface area contributed by atoms with Gasteiger partial charge in [0, 0.05) is 6.07 Å². The molecule has 8 heteroatoms. The van der Waals surface area contributed by atoms with Crippen LogP contribution in [-0.4, -0.2) is 17.3 Å². The fraction of sp³-hybridized carbons (Fsp3) is 0.0833. The van der Waals surface area contributed by atoms with Crippen molar-refractivity contribution in [3.05, 3.63) is 53.6 Å². The summed E-state index contributed by atoms with van der Waals surface area (Å²) in [6.07, 6.45) is 0. The molecule has 0 fully saturated rings. The molecule has 0 unspecified atom stereocenters. The predicted octanol–water partition coefficient (Wildman–Crippen LogP) is 4.44. The van der Waals surface area contributed by atoms with Gasteiger partial charge in [-0.05, 0) is 50.1 Å². The summed E-state index contributed by atoms with van der Waals surface area (Å²) in [7, 11) is 0. The molecule has 104 valence electrons. The first-order valence-electron chi connectivity index (χ1n) is 5.33. The zero-order valence-electron chi connectivity index (χ0n) is 9.84. The van der Waals surface area contributed by atoms with Crippen LogP contribution in [0.2, 0.25) is 0 Å². The van der Waals surface area contributed by atoms with Crippen molar-refractivity contribution in [1.29, 1.82) is 0 Å². The number of hydrogen-bond acceptors (Lipinski definition) is 5. The number of ketones is 1. The van der Waals surface area contributed by atoms with Gasteiger partial charge in [-0.1, -0.05) is 6.07 Å². The van der Waals surface area contributed by atoms with Crippen LogP contribution in [0.3, 0.4) is 0 Å². The largest absolute Gasteiger partial charge is 0.484 e. The molecular formula is C12H7Br2NO4S. The normalized spacial score (nSPS) is 10.3. The minimum atomic E-state index is -0.519. The van der Waals surface area contributed by atoms with E-state index in [1.165, 1.54) is 23.5 Å². The number of hydrogen-bond donors (Lipinski definition) is 0. The van der Waals surface area contributed by atoms with Crippen LogP contribution >= 0.6 is 43.2 Å². The van der Waals surface area contributed by atoms with E-state index < -0.39 is 4.92 Å². The van der Waals surface area contributed by atoms with Crippen LogP contribution in [0, 0.1) is 10.1 Å². The van der Waals surface area contributed by atoms with Crippen LogP contribution in [0.15, 0.2) is 38.6 Å². The highest BCUT2D eigenvalue weighted by molar-refractivity contribution is 9.11. The van der Waals surface area contributed by atoms with E-state index in [2.05, 4.69) is 31.9 Å². The van der Waals surface area contributed by atoms with E-state index in [-0.39, 0.29) is 28.3 Å². The topological polar surface area (TPSA) is 69.4 Å². The second-order valence-electron chi connectivity index (χ2n) is 3.66. The van der Waals surface area contributed by atoms with Crippen molar-refractivity contribution in [2.75, 3.05) is 6.61 Å². The van der Waals surface area contributed by atoms with Gasteiger partial charge < -0.3 is 4.74 Å². The Morgan fingerprint density at radius 3 is 2.65 bits per heavy atom. The zero-order valence-corrected chi connectivity index (χ0v) is 13.8. The monoisotopic (exact) mass is 419 g/mol. The molecule has 1 aromatic carbocycles. The fourth-order valence-corrected chi connectivity index (χ4v) is 3.26. The van der Waals surface area contributed by atoms with Crippen molar-refractivity contribution in [2.24, 2.45) is 0 Å². The lowest BCUT2D eigenvalue weighted by molar-refractivity contribution is -0.385. The summed E-state index contributed by atoms with van der Waals surface area (Å²) >= 11 is 7.70. The summed E-state index contributed by atoms with van der Waals surface area (Å²) in [4.78, 5) is 22.7. The molecule has 0 aliphatic rings. The lowest BCUT2D eigenvalue weighted by Gasteiger charge is -2.06. The van der Waals surface area contributed by atoms with Crippen LogP contribution < -0.4 is 4.74 Å². The Kier molecular flexibility index (Phi) is 4.90. The Hall–Kier alpha value is -1.25. The van der Waals surface area contributed by atoms with Crippen molar-refractivity contribution in [2.45, 2.75) is 0 Å². The number of thiophene rings is 1.